The maximum atomic E-state index is 12.2. The van der Waals surface area contributed by atoms with E-state index in [0.29, 0.717) is 12.0 Å². The molecule has 5 nitrogen and oxygen atoms in total. The summed E-state index contributed by atoms with van der Waals surface area (Å²) in [4.78, 5) is 27.6. The van der Waals surface area contributed by atoms with Gasteiger partial charge >= 0.3 is 0 Å². The van der Waals surface area contributed by atoms with Gasteiger partial charge in [-0.1, -0.05) is 0 Å². The van der Waals surface area contributed by atoms with E-state index in [1.807, 2.05) is 6.92 Å². The minimum atomic E-state index is -0.415. The van der Waals surface area contributed by atoms with Gasteiger partial charge in [0.2, 0.25) is 0 Å². The van der Waals surface area contributed by atoms with Crippen LogP contribution in [0, 0.1) is 11.3 Å². The first-order chi connectivity index (χ1) is 10.1. The summed E-state index contributed by atoms with van der Waals surface area (Å²) in [5, 5.41) is 2.81. The van der Waals surface area contributed by atoms with Gasteiger partial charge in [0, 0.05) is 6.54 Å². The number of carbonyl (C=O) groups is 2. The maximum absolute atomic E-state index is 12.2. The minimum absolute atomic E-state index is 0.252. The van der Waals surface area contributed by atoms with Crippen LogP contribution in [0.4, 0.5) is 0 Å². The summed E-state index contributed by atoms with van der Waals surface area (Å²) in [5.41, 5.74) is 6.20. The van der Waals surface area contributed by atoms with E-state index < -0.39 is 6.04 Å². The molecule has 0 aromatic carbocycles. The highest BCUT2D eigenvalue weighted by atomic mass is 16.2. The van der Waals surface area contributed by atoms with E-state index in [-0.39, 0.29) is 17.5 Å². The molecule has 0 saturated heterocycles. The third kappa shape index (κ3) is 3.93. The van der Waals surface area contributed by atoms with Crippen LogP contribution in [0.25, 0.3) is 0 Å². The van der Waals surface area contributed by atoms with Crippen molar-refractivity contribution in [3.8, 4) is 0 Å². The average Bonchev–Trinajstić information content (AvgIpc) is 3.25. The number of nitrogens with zero attached hydrogens (tertiary/aromatic N) is 1. The molecule has 1 unspecified atom stereocenters. The lowest BCUT2D eigenvalue weighted by atomic mass is 9.77. The molecule has 3 N–H and O–H groups in total. The van der Waals surface area contributed by atoms with Crippen molar-refractivity contribution >= 4 is 17.9 Å². The van der Waals surface area contributed by atoms with E-state index in [4.69, 9.17) is 5.73 Å². The quantitative estimate of drug-likeness (QED) is 0.575. The predicted octanol–water partition coefficient (Wildman–Crippen LogP) is 1.57. The Bertz CT molecular complexity index is 442. The van der Waals surface area contributed by atoms with Crippen molar-refractivity contribution in [3.63, 3.8) is 0 Å². The smallest absolute Gasteiger partial charge is 0.270 e. The Morgan fingerprint density at radius 1 is 1.38 bits per heavy atom. The number of carbonyl (C=O) groups excluding carboxylic acids is 2. The normalized spacial score (nSPS) is 23.2. The Morgan fingerprint density at radius 2 is 2.05 bits per heavy atom. The number of nitrogens with two attached hydrogens (primary N) is 1. The van der Waals surface area contributed by atoms with Crippen LogP contribution >= 0.6 is 0 Å². The zero-order valence-electron chi connectivity index (χ0n) is 12.7. The molecular weight excluding hydrogens is 266 g/mol. The highest BCUT2D eigenvalue weighted by Crippen LogP contribution is 2.57. The minimum Gasteiger partial charge on any atom is -0.405 e. The molecule has 116 valence electrons. The number of rotatable bonds is 6. The SMILES string of the molecule is CCN=C(/C=C\N)C(=O)NC(C=O)C1CCC2(CC1)CC2. The van der Waals surface area contributed by atoms with Gasteiger partial charge in [0.1, 0.15) is 12.0 Å². The Kier molecular flexibility index (Phi) is 5.15. The third-order valence-electron chi connectivity index (χ3n) is 4.82. The molecule has 0 radical (unpaired) electrons. The molecule has 2 saturated carbocycles. The summed E-state index contributed by atoms with van der Waals surface area (Å²) < 4.78 is 0. The van der Waals surface area contributed by atoms with Crippen LogP contribution in [0.5, 0.6) is 0 Å². The highest BCUT2D eigenvalue weighted by Gasteiger charge is 2.45. The molecule has 1 atom stereocenters. The Balaban J connectivity index is 1.93. The van der Waals surface area contributed by atoms with Gasteiger partial charge in [0.05, 0.1) is 6.04 Å². The van der Waals surface area contributed by atoms with Crippen molar-refractivity contribution in [3.05, 3.63) is 12.3 Å². The van der Waals surface area contributed by atoms with Crippen LogP contribution in [-0.4, -0.2) is 30.5 Å². The molecule has 0 aromatic heterocycles. The zero-order valence-corrected chi connectivity index (χ0v) is 12.7. The van der Waals surface area contributed by atoms with Crippen LogP contribution in [-0.2, 0) is 9.59 Å². The number of aliphatic imine (C=N–C) groups is 1. The average molecular weight is 291 g/mol. The van der Waals surface area contributed by atoms with Gasteiger partial charge in [-0.2, -0.15) is 0 Å². The maximum Gasteiger partial charge on any atom is 0.270 e. The largest absolute Gasteiger partial charge is 0.405 e. The van der Waals surface area contributed by atoms with Gasteiger partial charge in [0.25, 0.3) is 5.91 Å². The van der Waals surface area contributed by atoms with Crippen molar-refractivity contribution in [2.24, 2.45) is 22.1 Å². The van der Waals surface area contributed by atoms with Crippen LogP contribution < -0.4 is 11.1 Å². The first-order valence-electron chi connectivity index (χ1n) is 7.83. The van der Waals surface area contributed by atoms with Gasteiger partial charge in [-0.3, -0.25) is 9.79 Å². The molecule has 2 fully saturated rings. The molecule has 2 rings (SSSR count). The Hall–Kier alpha value is -1.65. The summed E-state index contributed by atoms with van der Waals surface area (Å²) in [6.07, 6.45) is 10.7. The van der Waals surface area contributed by atoms with E-state index in [9.17, 15) is 9.59 Å². The number of nitrogens with one attached hydrogen (secondary N) is 1. The fourth-order valence-corrected chi connectivity index (χ4v) is 3.24. The Morgan fingerprint density at radius 3 is 2.52 bits per heavy atom. The van der Waals surface area contributed by atoms with Crippen molar-refractivity contribution in [2.45, 2.75) is 51.5 Å². The summed E-state index contributed by atoms with van der Waals surface area (Å²) in [7, 11) is 0. The molecule has 0 bridgehead atoms. The van der Waals surface area contributed by atoms with Gasteiger partial charge in [-0.05, 0) is 69.1 Å². The molecular formula is C16H25N3O2. The zero-order chi connectivity index (χ0) is 15.3. The lowest BCUT2D eigenvalue weighted by Crippen LogP contribution is -2.45. The first-order valence-corrected chi connectivity index (χ1v) is 7.83. The van der Waals surface area contributed by atoms with E-state index in [2.05, 4.69) is 10.3 Å². The summed E-state index contributed by atoms with van der Waals surface area (Å²) in [5.74, 6) is -0.0650. The third-order valence-corrected chi connectivity index (χ3v) is 4.82. The van der Waals surface area contributed by atoms with Crippen molar-refractivity contribution in [1.82, 2.24) is 5.32 Å². The molecule has 0 heterocycles. The molecule has 2 aliphatic rings. The summed E-state index contributed by atoms with van der Waals surface area (Å²) >= 11 is 0. The van der Waals surface area contributed by atoms with E-state index in [1.54, 1.807) is 0 Å². The van der Waals surface area contributed by atoms with Crippen LogP contribution in [0.1, 0.15) is 45.4 Å². The molecule has 1 amide bonds. The van der Waals surface area contributed by atoms with Crippen LogP contribution in [0.15, 0.2) is 17.3 Å². The van der Waals surface area contributed by atoms with Crippen LogP contribution in [0.3, 0.4) is 0 Å². The number of hydrogen-bond acceptors (Lipinski definition) is 4. The number of hydrogen-bond donors (Lipinski definition) is 2. The fraction of sp³-hybridized carbons (Fsp3) is 0.688. The lowest BCUT2D eigenvalue weighted by molar-refractivity contribution is -0.120. The summed E-state index contributed by atoms with van der Waals surface area (Å²) in [6, 6.07) is -0.415. The van der Waals surface area contributed by atoms with Crippen molar-refractivity contribution < 1.29 is 9.59 Å². The monoisotopic (exact) mass is 291 g/mol. The molecule has 0 aromatic rings. The lowest BCUT2D eigenvalue weighted by Gasteiger charge is -2.32. The second kappa shape index (κ2) is 6.87. The predicted molar refractivity (Wildman–Crippen MR) is 82.9 cm³/mol. The van der Waals surface area contributed by atoms with E-state index >= 15 is 0 Å². The van der Waals surface area contributed by atoms with E-state index in [1.165, 1.54) is 38.0 Å². The van der Waals surface area contributed by atoms with Gasteiger partial charge in [0.15, 0.2) is 0 Å². The molecule has 5 heteroatoms. The number of aldehydes is 1. The molecule has 21 heavy (non-hydrogen) atoms. The fourth-order valence-electron chi connectivity index (χ4n) is 3.24. The van der Waals surface area contributed by atoms with Gasteiger partial charge < -0.3 is 15.8 Å². The van der Waals surface area contributed by atoms with Crippen molar-refractivity contribution in [2.75, 3.05) is 6.54 Å². The second-order valence-electron chi connectivity index (χ2n) is 6.19. The van der Waals surface area contributed by atoms with Gasteiger partial charge in [-0.15, -0.1) is 0 Å². The van der Waals surface area contributed by atoms with Crippen LogP contribution in [0.2, 0.25) is 0 Å². The topological polar surface area (TPSA) is 84.5 Å². The van der Waals surface area contributed by atoms with Gasteiger partial charge in [-0.25, -0.2) is 0 Å². The first kappa shape index (κ1) is 15.7. The standard InChI is InChI=1S/C16H25N3O2/c1-2-18-13(5-10-17)15(21)19-14(11-20)12-3-6-16(7-4-12)8-9-16/h5,10-12,14H,2-4,6-9,17H2,1H3,(H,19,21)/b10-5-,18-13?. The Labute approximate surface area is 126 Å². The highest BCUT2D eigenvalue weighted by molar-refractivity contribution is 6.43. The van der Waals surface area contributed by atoms with Crippen molar-refractivity contribution in [1.29, 1.82) is 0 Å². The molecule has 1 spiro atoms. The second-order valence-corrected chi connectivity index (χ2v) is 6.19. The molecule has 2 aliphatic carbocycles. The number of amides is 1. The van der Waals surface area contributed by atoms with E-state index in [0.717, 1.165) is 19.1 Å². The summed E-state index contributed by atoms with van der Waals surface area (Å²) in [6.45, 7) is 2.36. The molecule has 0 aliphatic heterocycles.